The van der Waals surface area contributed by atoms with E-state index in [1.54, 1.807) is 51.1 Å². The van der Waals surface area contributed by atoms with E-state index < -0.39 is 53.6 Å². The Morgan fingerprint density at radius 2 is 1.71 bits per heavy atom. The maximum absolute atomic E-state index is 13.6. The molecule has 2 saturated carbocycles. The number of fused-ring (bicyclic) bond motifs is 1. The molecule has 6 rings (SSSR count). The summed E-state index contributed by atoms with van der Waals surface area (Å²) in [5.41, 5.74) is 1.84. The monoisotopic (exact) mass is 673 g/mol. The van der Waals surface area contributed by atoms with E-state index in [4.69, 9.17) is 18.9 Å². The molecule has 49 heavy (non-hydrogen) atoms. The number of ether oxygens (including phenoxy) is 4. The van der Waals surface area contributed by atoms with Crippen LogP contribution in [0.2, 0.25) is 0 Å². The summed E-state index contributed by atoms with van der Waals surface area (Å²) in [7, 11) is 0. The van der Waals surface area contributed by atoms with Gasteiger partial charge in [-0.25, -0.2) is 4.79 Å². The predicted octanol–water partition coefficient (Wildman–Crippen LogP) is 5.40. The van der Waals surface area contributed by atoms with Crippen molar-refractivity contribution in [2.75, 3.05) is 6.61 Å². The molecule has 1 amide bonds. The van der Waals surface area contributed by atoms with Gasteiger partial charge in [-0.3, -0.25) is 9.59 Å². The van der Waals surface area contributed by atoms with Gasteiger partial charge >= 0.3 is 11.9 Å². The highest BCUT2D eigenvalue weighted by Crippen LogP contribution is 2.59. The Hall–Kier alpha value is -3.99. The molecule has 3 fully saturated rings. The highest BCUT2D eigenvalue weighted by atomic mass is 16.8. The fraction of sp³-hybridized carbons (Fsp3) is 0.513. The van der Waals surface area contributed by atoms with Gasteiger partial charge in [0.15, 0.2) is 5.79 Å². The van der Waals surface area contributed by atoms with Crippen molar-refractivity contribution in [2.24, 2.45) is 11.8 Å². The van der Waals surface area contributed by atoms with Crippen LogP contribution in [0.1, 0.15) is 87.2 Å². The summed E-state index contributed by atoms with van der Waals surface area (Å²) in [5.74, 6) is -1.26. The molecular weight excluding hydrogens is 626 g/mol. The van der Waals surface area contributed by atoms with Crippen LogP contribution in [0.15, 0.2) is 66.3 Å². The van der Waals surface area contributed by atoms with Crippen molar-refractivity contribution >= 4 is 23.9 Å². The number of esters is 2. The zero-order valence-electron chi connectivity index (χ0n) is 28.4. The number of phenolic OH excluding ortho intramolecular Hbond substituents is 1. The molecule has 4 atom stereocenters. The van der Waals surface area contributed by atoms with Crippen molar-refractivity contribution in [2.45, 2.75) is 108 Å². The lowest BCUT2D eigenvalue weighted by Crippen LogP contribution is -2.45. The molecule has 2 aromatic rings. The number of benzene rings is 2. The number of para-hydroxylation sites is 1. The Bertz CT molecular complexity index is 1570. The van der Waals surface area contributed by atoms with Crippen LogP contribution in [0.4, 0.5) is 0 Å². The quantitative estimate of drug-likeness (QED) is 0.238. The molecule has 0 bridgehead atoms. The molecule has 10 nitrogen and oxygen atoms in total. The summed E-state index contributed by atoms with van der Waals surface area (Å²) in [6.07, 6.45) is 8.75. The smallest absolute Gasteiger partial charge is 0.338 e. The number of carbonyl (C=O) groups is 3. The van der Waals surface area contributed by atoms with Crippen molar-refractivity contribution in [1.82, 2.24) is 5.32 Å². The molecule has 4 aliphatic rings. The summed E-state index contributed by atoms with van der Waals surface area (Å²) >= 11 is 0. The first-order valence-corrected chi connectivity index (χ1v) is 17.4. The van der Waals surface area contributed by atoms with Crippen LogP contribution in [0.25, 0.3) is 6.08 Å². The Morgan fingerprint density at radius 1 is 1.02 bits per heavy atom. The average molecular weight is 674 g/mol. The maximum atomic E-state index is 13.6. The fourth-order valence-electron chi connectivity index (χ4n) is 6.68. The van der Waals surface area contributed by atoms with E-state index in [-0.39, 0.29) is 43.5 Å². The summed E-state index contributed by atoms with van der Waals surface area (Å²) < 4.78 is 24.8. The van der Waals surface area contributed by atoms with Gasteiger partial charge in [0, 0.05) is 30.3 Å². The van der Waals surface area contributed by atoms with Gasteiger partial charge in [0.25, 0.3) is 0 Å². The highest BCUT2D eigenvalue weighted by molar-refractivity contribution is 5.94. The van der Waals surface area contributed by atoms with Gasteiger partial charge in [0.2, 0.25) is 5.91 Å². The van der Waals surface area contributed by atoms with Crippen molar-refractivity contribution in [1.29, 1.82) is 0 Å². The van der Waals surface area contributed by atoms with E-state index in [1.807, 2.05) is 36.4 Å². The zero-order chi connectivity index (χ0) is 34.8. The Balaban J connectivity index is 1.13. The van der Waals surface area contributed by atoms with E-state index in [1.165, 1.54) is 0 Å². The molecule has 3 N–H and O–H groups in total. The molecule has 0 spiro atoms. The molecule has 1 aliphatic heterocycles. The molecule has 2 aromatic carbocycles. The normalized spacial score (nSPS) is 23.8. The number of hydrogen-bond donors (Lipinski definition) is 3. The number of aliphatic hydroxyl groups excluding tert-OH is 1. The van der Waals surface area contributed by atoms with Crippen LogP contribution in [-0.4, -0.2) is 70.4 Å². The number of amides is 1. The van der Waals surface area contributed by atoms with Crippen LogP contribution in [0, 0.1) is 11.8 Å². The standard InChI is InChI=1S/C39H47NO9/c1-38(2,3)48-34(43)20-19-30(23-41)40-36(44)27-21-32(35-33(22-27)47-39(49-35,28-15-16-28)29-17-18-29)46-37(45)26-13-11-24(12-14-26)7-6-9-25-8-4-5-10-31(25)42/h4-8,10-14,22,28-30,32-33,35,41-42H,9,15-21,23H2,1-3H3,(H,40,44). The Labute approximate surface area is 287 Å². The van der Waals surface area contributed by atoms with E-state index in [0.717, 1.165) is 36.8 Å². The molecule has 0 radical (unpaired) electrons. The van der Waals surface area contributed by atoms with Gasteiger partial charge < -0.3 is 34.5 Å². The van der Waals surface area contributed by atoms with Crippen LogP contribution >= 0.6 is 0 Å². The molecule has 4 unspecified atom stereocenters. The largest absolute Gasteiger partial charge is 0.508 e. The molecule has 262 valence electrons. The third kappa shape index (κ3) is 8.60. The van der Waals surface area contributed by atoms with Crippen molar-refractivity contribution in [3.8, 4) is 5.75 Å². The third-order valence-electron chi connectivity index (χ3n) is 9.42. The molecule has 0 aromatic heterocycles. The molecular formula is C39H47NO9. The molecule has 3 aliphatic carbocycles. The van der Waals surface area contributed by atoms with Gasteiger partial charge in [0.1, 0.15) is 29.7 Å². The Kier molecular flexibility index (Phi) is 10.3. The zero-order valence-corrected chi connectivity index (χ0v) is 28.4. The van der Waals surface area contributed by atoms with Gasteiger partial charge in [-0.2, -0.15) is 0 Å². The van der Waals surface area contributed by atoms with Crippen LogP contribution < -0.4 is 5.32 Å². The van der Waals surface area contributed by atoms with Gasteiger partial charge in [-0.05, 0) is 94.7 Å². The van der Waals surface area contributed by atoms with Crippen molar-refractivity contribution in [3.05, 3.63) is 82.9 Å². The predicted molar refractivity (Wildman–Crippen MR) is 181 cm³/mol. The summed E-state index contributed by atoms with van der Waals surface area (Å²) in [6.45, 7) is 5.00. The van der Waals surface area contributed by atoms with Crippen LogP contribution in [-0.2, 0) is 35.0 Å². The maximum Gasteiger partial charge on any atom is 0.338 e. The molecule has 1 saturated heterocycles. The van der Waals surface area contributed by atoms with Gasteiger partial charge in [-0.15, -0.1) is 0 Å². The molecule has 1 heterocycles. The number of aliphatic hydroxyl groups is 1. The average Bonchev–Trinajstić information content (AvgIpc) is 4.01. The first-order valence-electron chi connectivity index (χ1n) is 17.4. The summed E-state index contributed by atoms with van der Waals surface area (Å²) in [5, 5.41) is 22.8. The number of hydrogen-bond acceptors (Lipinski definition) is 9. The number of aromatic hydroxyl groups is 1. The van der Waals surface area contributed by atoms with Crippen LogP contribution in [0.3, 0.4) is 0 Å². The fourth-order valence-corrected chi connectivity index (χ4v) is 6.68. The second-order valence-electron chi connectivity index (χ2n) is 14.6. The first-order chi connectivity index (χ1) is 23.4. The number of carbonyl (C=O) groups excluding carboxylic acids is 3. The number of phenols is 1. The topological polar surface area (TPSA) is 141 Å². The van der Waals surface area contributed by atoms with E-state index in [2.05, 4.69) is 5.32 Å². The summed E-state index contributed by atoms with van der Waals surface area (Å²) in [6, 6.07) is 13.6. The van der Waals surface area contributed by atoms with E-state index in [0.29, 0.717) is 17.6 Å². The van der Waals surface area contributed by atoms with Gasteiger partial charge in [0.05, 0.1) is 18.2 Å². The minimum atomic E-state index is -0.768. The second kappa shape index (κ2) is 14.5. The second-order valence-corrected chi connectivity index (χ2v) is 14.6. The number of rotatable bonds is 13. The third-order valence-corrected chi connectivity index (χ3v) is 9.42. The van der Waals surface area contributed by atoms with Crippen LogP contribution in [0.5, 0.6) is 5.75 Å². The highest BCUT2D eigenvalue weighted by Gasteiger charge is 2.64. The lowest BCUT2D eigenvalue weighted by atomic mass is 9.91. The SMILES string of the molecule is CC(C)(C)OC(=O)CCC(CO)NC(=O)C1=CC2OC(C3CC3)(C3CC3)OC2C(OC(=O)c2ccc(C=CCc3ccccc3O)cc2)C1. The first kappa shape index (κ1) is 34.9. The van der Waals surface area contributed by atoms with Crippen molar-refractivity contribution < 1.29 is 43.5 Å². The summed E-state index contributed by atoms with van der Waals surface area (Å²) in [4.78, 5) is 39.3. The van der Waals surface area contributed by atoms with E-state index in [9.17, 15) is 24.6 Å². The molecule has 10 heteroatoms. The van der Waals surface area contributed by atoms with Gasteiger partial charge in [-0.1, -0.05) is 42.5 Å². The lowest BCUT2D eigenvalue weighted by molar-refractivity contribution is -0.209. The lowest BCUT2D eigenvalue weighted by Gasteiger charge is -2.31. The van der Waals surface area contributed by atoms with E-state index >= 15 is 0 Å². The minimum absolute atomic E-state index is 0.0419. The number of allylic oxidation sites excluding steroid dienone is 1. The Morgan fingerprint density at radius 3 is 2.35 bits per heavy atom. The number of nitrogens with one attached hydrogen (secondary N) is 1. The van der Waals surface area contributed by atoms with Crippen molar-refractivity contribution in [3.63, 3.8) is 0 Å². The minimum Gasteiger partial charge on any atom is -0.508 e.